The van der Waals surface area contributed by atoms with E-state index in [1.54, 1.807) is 0 Å². The van der Waals surface area contributed by atoms with Crippen LogP contribution in [0.3, 0.4) is 0 Å². The van der Waals surface area contributed by atoms with E-state index in [9.17, 15) is 0 Å². The fourth-order valence-electron chi connectivity index (χ4n) is 1.95. The standard InChI is InChI=1S/C13H18N4/c1-13(2,8-9-14)12-10-15-16-17(12)11-6-4-3-5-7-11/h3-7,10H,8-9,14H2,1-2H3. The number of para-hydroxylation sites is 1. The van der Waals surface area contributed by atoms with Crippen molar-refractivity contribution in [1.29, 1.82) is 0 Å². The molecule has 2 rings (SSSR count). The first-order chi connectivity index (χ1) is 8.15. The fraction of sp³-hybridized carbons (Fsp3) is 0.385. The monoisotopic (exact) mass is 230 g/mol. The van der Waals surface area contributed by atoms with Crippen molar-refractivity contribution in [2.75, 3.05) is 6.54 Å². The highest BCUT2D eigenvalue weighted by molar-refractivity contribution is 5.33. The second kappa shape index (κ2) is 4.67. The average Bonchev–Trinajstić information content (AvgIpc) is 2.79. The molecule has 0 saturated carbocycles. The molecule has 1 aromatic heterocycles. The van der Waals surface area contributed by atoms with E-state index in [1.807, 2.05) is 41.2 Å². The minimum atomic E-state index is -0.0198. The Balaban J connectivity index is 2.42. The Kier molecular flexibility index (Phi) is 3.24. The van der Waals surface area contributed by atoms with Gasteiger partial charge >= 0.3 is 0 Å². The summed E-state index contributed by atoms with van der Waals surface area (Å²) in [4.78, 5) is 0. The lowest BCUT2D eigenvalue weighted by atomic mass is 9.86. The first-order valence-electron chi connectivity index (χ1n) is 5.82. The molecule has 0 amide bonds. The molecular formula is C13H18N4. The molecule has 17 heavy (non-hydrogen) atoms. The van der Waals surface area contributed by atoms with Crippen LogP contribution in [0.4, 0.5) is 0 Å². The molecule has 0 atom stereocenters. The molecule has 2 N–H and O–H groups in total. The molecule has 0 aliphatic carbocycles. The summed E-state index contributed by atoms with van der Waals surface area (Å²) in [5, 5.41) is 8.18. The molecule has 1 heterocycles. The van der Waals surface area contributed by atoms with Gasteiger partial charge in [0, 0.05) is 5.41 Å². The second-order valence-electron chi connectivity index (χ2n) is 4.79. The third-order valence-electron chi connectivity index (χ3n) is 3.01. The number of hydrogen-bond acceptors (Lipinski definition) is 3. The van der Waals surface area contributed by atoms with Gasteiger partial charge in [-0.1, -0.05) is 37.3 Å². The van der Waals surface area contributed by atoms with Crippen LogP contribution in [-0.4, -0.2) is 21.5 Å². The number of nitrogens with zero attached hydrogens (tertiary/aromatic N) is 3. The Morgan fingerprint density at radius 1 is 1.24 bits per heavy atom. The second-order valence-corrected chi connectivity index (χ2v) is 4.79. The predicted octanol–water partition coefficient (Wildman–Crippen LogP) is 1.89. The Morgan fingerprint density at radius 3 is 2.59 bits per heavy atom. The van der Waals surface area contributed by atoms with Gasteiger partial charge in [0.1, 0.15) is 0 Å². The topological polar surface area (TPSA) is 56.7 Å². The van der Waals surface area contributed by atoms with Gasteiger partial charge in [-0.15, -0.1) is 5.10 Å². The predicted molar refractivity (Wildman–Crippen MR) is 68.1 cm³/mol. The van der Waals surface area contributed by atoms with Crippen LogP contribution in [0, 0.1) is 0 Å². The van der Waals surface area contributed by atoms with Gasteiger partial charge in [0.25, 0.3) is 0 Å². The molecule has 2 aromatic rings. The van der Waals surface area contributed by atoms with E-state index in [2.05, 4.69) is 24.2 Å². The van der Waals surface area contributed by atoms with Crippen LogP contribution in [-0.2, 0) is 5.41 Å². The highest BCUT2D eigenvalue weighted by atomic mass is 15.4. The number of hydrogen-bond donors (Lipinski definition) is 1. The van der Waals surface area contributed by atoms with Crippen LogP contribution >= 0.6 is 0 Å². The SMILES string of the molecule is CC(C)(CCN)c1cnnn1-c1ccccc1. The molecule has 1 aromatic carbocycles. The van der Waals surface area contributed by atoms with E-state index in [-0.39, 0.29) is 5.41 Å². The third kappa shape index (κ3) is 2.36. The summed E-state index contributed by atoms with van der Waals surface area (Å²) < 4.78 is 1.88. The zero-order chi connectivity index (χ0) is 12.3. The number of rotatable bonds is 4. The number of aromatic nitrogens is 3. The molecule has 0 spiro atoms. The molecule has 4 nitrogen and oxygen atoms in total. The average molecular weight is 230 g/mol. The lowest BCUT2D eigenvalue weighted by Gasteiger charge is -2.24. The van der Waals surface area contributed by atoms with Gasteiger partial charge in [-0.2, -0.15) is 0 Å². The van der Waals surface area contributed by atoms with Gasteiger partial charge in [0.15, 0.2) is 0 Å². The van der Waals surface area contributed by atoms with Crippen molar-refractivity contribution in [3.8, 4) is 5.69 Å². The van der Waals surface area contributed by atoms with Gasteiger partial charge in [-0.05, 0) is 25.1 Å². The molecule has 0 radical (unpaired) electrons. The Labute approximate surface area is 101 Å². The highest BCUT2D eigenvalue weighted by Gasteiger charge is 2.25. The summed E-state index contributed by atoms with van der Waals surface area (Å²) in [5.74, 6) is 0. The van der Waals surface area contributed by atoms with Crippen LogP contribution in [0.5, 0.6) is 0 Å². The number of benzene rings is 1. The summed E-state index contributed by atoms with van der Waals surface area (Å²) >= 11 is 0. The van der Waals surface area contributed by atoms with Crippen LogP contribution in [0.15, 0.2) is 36.5 Å². The summed E-state index contributed by atoms with van der Waals surface area (Å²) in [7, 11) is 0. The lowest BCUT2D eigenvalue weighted by molar-refractivity contribution is 0.458. The highest BCUT2D eigenvalue weighted by Crippen LogP contribution is 2.27. The molecule has 0 saturated heterocycles. The third-order valence-corrected chi connectivity index (χ3v) is 3.01. The normalized spacial score (nSPS) is 11.7. The van der Waals surface area contributed by atoms with Gasteiger partial charge < -0.3 is 5.73 Å². The zero-order valence-electron chi connectivity index (χ0n) is 10.3. The quantitative estimate of drug-likeness (QED) is 0.872. The molecular weight excluding hydrogens is 212 g/mol. The van der Waals surface area contributed by atoms with E-state index in [1.165, 1.54) is 0 Å². The van der Waals surface area contributed by atoms with E-state index in [4.69, 9.17) is 5.73 Å². The number of nitrogens with two attached hydrogens (primary N) is 1. The van der Waals surface area contributed by atoms with Crippen molar-refractivity contribution in [2.45, 2.75) is 25.7 Å². The molecule has 0 unspecified atom stereocenters. The van der Waals surface area contributed by atoms with E-state index in [0.29, 0.717) is 6.54 Å². The Bertz CT molecular complexity index is 473. The molecule has 0 aliphatic rings. The molecule has 4 heteroatoms. The maximum absolute atomic E-state index is 5.66. The molecule has 90 valence electrons. The van der Waals surface area contributed by atoms with Crippen molar-refractivity contribution >= 4 is 0 Å². The maximum atomic E-state index is 5.66. The van der Waals surface area contributed by atoms with Crippen molar-refractivity contribution in [3.63, 3.8) is 0 Å². The van der Waals surface area contributed by atoms with Crippen molar-refractivity contribution < 1.29 is 0 Å². The smallest absolute Gasteiger partial charge is 0.0735 e. The Hall–Kier alpha value is -1.68. The minimum absolute atomic E-state index is 0.0198. The largest absolute Gasteiger partial charge is 0.330 e. The zero-order valence-corrected chi connectivity index (χ0v) is 10.3. The van der Waals surface area contributed by atoms with Crippen LogP contribution in [0.25, 0.3) is 5.69 Å². The summed E-state index contributed by atoms with van der Waals surface area (Å²) in [6.45, 7) is 4.99. The van der Waals surface area contributed by atoms with E-state index >= 15 is 0 Å². The van der Waals surface area contributed by atoms with Crippen molar-refractivity contribution in [1.82, 2.24) is 15.0 Å². The van der Waals surface area contributed by atoms with Gasteiger partial charge in [-0.3, -0.25) is 0 Å². The van der Waals surface area contributed by atoms with Gasteiger partial charge in [-0.25, -0.2) is 4.68 Å². The van der Waals surface area contributed by atoms with Gasteiger partial charge in [0.05, 0.1) is 17.6 Å². The molecule has 0 fully saturated rings. The van der Waals surface area contributed by atoms with Crippen LogP contribution in [0.1, 0.15) is 26.0 Å². The van der Waals surface area contributed by atoms with Crippen LogP contribution < -0.4 is 5.73 Å². The van der Waals surface area contributed by atoms with E-state index < -0.39 is 0 Å². The summed E-state index contributed by atoms with van der Waals surface area (Å²) in [5.41, 5.74) is 7.76. The van der Waals surface area contributed by atoms with Crippen molar-refractivity contribution in [3.05, 3.63) is 42.2 Å². The van der Waals surface area contributed by atoms with Crippen molar-refractivity contribution in [2.24, 2.45) is 5.73 Å². The first kappa shape index (κ1) is 11.8. The summed E-state index contributed by atoms with van der Waals surface area (Å²) in [6.07, 6.45) is 2.73. The Morgan fingerprint density at radius 2 is 1.94 bits per heavy atom. The maximum Gasteiger partial charge on any atom is 0.0735 e. The first-order valence-corrected chi connectivity index (χ1v) is 5.82. The minimum Gasteiger partial charge on any atom is -0.330 e. The van der Waals surface area contributed by atoms with Gasteiger partial charge in [0.2, 0.25) is 0 Å². The lowest BCUT2D eigenvalue weighted by Crippen LogP contribution is -2.25. The van der Waals surface area contributed by atoms with Crippen LogP contribution in [0.2, 0.25) is 0 Å². The fourth-order valence-corrected chi connectivity index (χ4v) is 1.95. The molecule has 0 bridgehead atoms. The van der Waals surface area contributed by atoms with E-state index in [0.717, 1.165) is 17.8 Å². The molecule has 0 aliphatic heterocycles. The summed E-state index contributed by atoms with van der Waals surface area (Å²) in [6, 6.07) is 10.0.